The highest BCUT2D eigenvalue weighted by Gasteiger charge is 2.45. The molecule has 0 spiro atoms. The van der Waals surface area contributed by atoms with Crippen LogP contribution in [0.4, 0.5) is 0 Å². The van der Waals surface area contributed by atoms with Crippen LogP contribution >= 0.6 is 0 Å². The summed E-state index contributed by atoms with van der Waals surface area (Å²) in [6.45, 7) is 8.62. The minimum absolute atomic E-state index is 0.0870. The maximum Gasteiger partial charge on any atom is 0.0467 e. The Morgan fingerprint density at radius 3 is 2.38 bits per heavy atom. The van der Waals surface area contributed by atoms with E-state index in [0.717, 1.165) is 19.3 Å². The lowest BCUT2D eigenvalue weighted by Crippen LogP contribution is -2.52. The number of benzene rings is 1. The number of hydrogen-bond acceptors (Lipinski definition) is 1. The Labute approximate surface area is 98.4 Å². The molecule has 1 saturated carbocycles. The molecular weight excluding hydrogens is 194 g/mol. The second kappa shape index (κ2) is 3.74. The molecule has 0 bridgehead atoms. The molecule has 1 aromatic carbocycles. The van der Waals surface area contributed by atoms with Crippen molar-refractivity contribution < 1.29 is 0 Å². The van der Waals surface area contributed by atoms with E-state index in [4.69, 9.17) is 5.73 Å². The van der Waals surface area contributed by atoms with Crippen LogP contribution in [0.15, 0.2) is 42.5 Å². The first-order chi connectivity index (χ1) is 7.46. The zero-order chi connectivity index (χ0) is 11.8. The van der Waals surface area contributed by atoms with Gasteiger partial charge >= 0.3 is 0 Å². The Hall–Kier alpha value is -1.08. The normalized spacial score (nSPS) is 29.1. The molecule has 2 rings (SSSR count). The van der Waals surface area contributed by atoms with Gasteiger partial charge in [-0.1, -0.05) is 56.3 Å². The van der Waals surface area contributed by atoms with Crippen molar-refractivity contribution in [2.45, 2.75) is 38.6 Å². The number of allylic oxidation sites excluding steroid dienone is 1. The number of hydrogen-bond donors (Lipinski definition) is 1. The van der Waals surface area contributed by atoms with Crippen LogP contribution in [0.25, 0.3) is 0 Å². The molecule has 2 N–H and O–H groups in total. The van der Waals surface area contributed by atoms with Crippen LogP contribution in [0.3, 0.4) is 0 Å². The highest BCUT2D eigenvalue weighted by molar-refractivity contribution is 5.30. The first kappa shape index (κ1) is 11.4. The smallest absolute Gasteiger partial charge is 0.0467 e. The molecule has 0 saturated heterocycles. The predicted octanol–water partition coefficient (Wildman–Crippen LogP) is 3.61. The Morgan fingerprint density at radius 2 is 1.81 bits per heavy atom. The summed E-state index contributed by atoms with van der Waals surface area (Å²) in [5, 5.41) is 0. The lowest BCUT2D eigenvalue weighted by Gasteiger charge is -2.49. The van der Waals surface area contributed by atoms with Gasteiger partial charge in [0.2, 0.25) is 0 Å². The van der Waals surface area contributed by atoms with Gasteiger partial charge in [-0.2, -0.15) is 0 Å². The lowest BCUT2D eigenvalue weighted by atomic mass is 9.60. The molecule has 0 amide bonds. The summed E-state index contributed by atoms with van der Waals surface area (Å²) in [6.07, 6.45) is 3.08. The summed E-state index contributed by atoms with van der Waals surface area (Å²) in [7, 11) is 0. The van der Waals surface area contributed by atoms with Crippen molar-refractivity contribution in [2.75, 3.05) is 0 Å². The predicted molar refractivity (Wildman–Crippen MR) is 69.1 cm³/mol. The van der Waals surface area contributed by atoms with Crippen LogP contribution in [0.5, 0.6) is 0 Å². The monoisotopic (exact) mass is 215 g/mol. The number of nitrogens with two attached hydrogens (primary N) is 1. The molecule has 1 aliphatic rings. The highest BCUT2D eigenvalue weighted by Crippen LogP contribution is 2.49. The fraction of sp³-hybridized carbons (Fsp3) is 0.467. The van der Waals surface area contributed by atoms with Gasteiger partial charge in [0, 0.05) is 5.54 Å². The van der Waals surface area contributed by atoms with Crippen molar-refractivity contribution in [1.82, 2.24) is 0 Å². The van der Waals surface area contributed by atoms with E-state index in [0.29, 0.717) is 0 Å². The van der Waals surface area contributed by atoms with Crippen molar-refractivity contribution in [3.05, 3.63) is 48.0 Å². The molecular formula is C15H21N. The van der Waals surface area contributed by atoms with Gasteiger partial charge in [0.05, 0.1) is 0 Å². The van der Waals surface area contributed by atoms with Gasteiger partial charge in [0.15, 0.2) is 0 Å². The van der Waals surface area contributed by atoms with Crippen molar-refractivity contribution in [1.29, 1.82) is 0 Å². The standard InChI is InChI=1S/C15H21N/c1-12-9-10-15(16,14(2,3)11-12)13-7-5-4-6-8-13/h4-8H,1,9-11,16H2,2-3H3. The maximum absolute atomic E-state index is 6.68. The zero-order valence-electron chi connectivity index (χ0n) is 10.3. The molecule has 1 fully saturated rings. The molecule has 0 aliphatic heterocycles. The zero-order valence-corrected chi connectivity index (χ0v) is 10.3. The minimum atomic E-state index is -0.213. The van der Waals surface area contributed by atoms with Crippen molar-refractivity contribution in [3.63, 3.8) is 0 Å². The van der Waals surface area contributed by atoms with Crippen LogP contribution in [-0.2, 0) is 5.54 Å². The van der Waals surface area contributed by atoms with E-state index in [-0.39, 0.29) is 11.0 Å². The van der Waals surface area contributed by atoms with Gasteiger partial charge in [0.25, 0.3) is 0 Å². The van der Waals surface area contributed by atoms with E-state index >= 15 is 0 Å². The van der Waals surface area contributed by atoms with Gasteiger partial charge in [-0.3, -0.25) is 0 Å². The summed E-state index contributed by atoms with van der Waals surface area (Å²) in [6, 6.07) is 10.5. The molecule has 1 unspecified atom stereocenters. The van der Waals surface area contributed by atoms with Gasteiger partial charge in [0.1, 0.15) is 0 Å². The van der Waals surface area contributed by atoms with E-state index in [1.165, 1.54) is 11.1 Å². The second-order valence-corrected chi connectivity index (χ2v) is 5.65. The van der Waals surface area contributed by atoms with Crippen LogP contribution in [0, 0.1) is 5.41 Å². The molecule has 1 nitrogen and oxygen atoms in total. The Bertz CT molecular complexity index is 391. The first-order valence-corrected chi connectivity index (χ1v) is 5.97. The van der Waals surface area contributed by atoms with Gasteiger partial charge in [-0.25, -0.2) is 0 Å². The summed E-state index contributed by atoms with van der Waals surface area (Å²) in [5.74, 6) is 0. The van der Waals surface area contributed by atoms with Crippen LogP contribution in [0.2, 0.25) is 0 Å². The molecule has 0 heterocycles. The van der Waals surface area contributed by atoms with Crippen LogP contribution < -0.4 is 5.73 Å². The van der Waals surface area contributed by atoms with E-state index in [1.807, 2.05) is 6.07 Å². The molecule has 0 radical (unpaired) electrons. The lowest BCUT2D eigenvalue weighted by molar-refractivity contribution is 0.126. The fourth-order valence-corrected chi connectivity index (χ4v) is 2.85. The molecule has 86 valence electrons. The van der Waals surface area contributed by atoms with Gasteiger partial charge in [-0.05, 0) is 30.2 Å². The number of rotatable bonds is 1. The topological polar surface area (TPSA) is 26.0 Å². The summed E-state index contributed by atoms with van der Waals surface area (Å²) in [5.41, 5.74) is 9.15. The van der Waals surface area contributed by atoms with E-state index in [1.54, 1.807) is 0 Å². The summed E-state index contributed by atoms with van der Waals surface area (Å²) in [4.78, 5) is 0. The van der Waals surface area contributed by atoms with Crippen molar-refractivity contribution in [3.8, 4) is 0 Å². The quantitative estimate of drug-likeness (QED) is 0.712. The summed E-state index contributed by atoms with van der Waals surface area (Å²) < 4.78 is 0. The minimum Gasteiger partial charge on any atom is -0.321 e. The molecule has 1 aliphatic carbocycles. The maximum atomic E-state index is 6.68. The third-order valence-corrected chi connectivity index (χ3v) is 4.06. The second-order valence-electron chi connectivity index (χ2n) is 5.65. The highest BCUT2D eigenvalue weighted by atomic mass is 14.8. The molecule has 16 heavy (non-hydrogen) atoms. The Kier molecular flexibility index (Phi) is 2.67. The Balaban J connectivity index is 2.41. The summed E-state index contributed by atoms with van der Waals surface area (Å²) >= 11 is 0. The third kappa shape index (κ3) is 1.69. The Morgan fingerprint density at radius 1 is 1.19 bits per heavy atom. The third-order valence-electron chi connectivity index (χ3n) is 4.06. The van der Waals surface area contributed by atoms with E-state index in [2.05, 4.69) is 44.7 Å². The van der Waals surface area contributed by atoms with Crippen molar-refractivity contribution in [2.24, 2.45) is 11.1 Å². The first-order valence-electron chi connectivity index (χ1n) is 5.97. The average Bonchev–Trinajstić information content (AvgIpc) is 2.25. The fourth-order valence-electron chi connectivity index (χ4n) is 2.85. The van der Waals surface area contributed by atoms with E-state index < -0.39 is 0 Å². The molecule has 1 atom stereocenters. The molecule has 1 aromatic rings. The van der Waals surface area contributed by atoms with Gasteiger partial charge in [-0.15, -0.1) is 0 Å². The largest absolute Gasteiger partial charge is 0.321 e. The average molecular weight is 215 g/mol. The van der Waals surface area contributed by atoms with Crippen LogP contribution in [0.1, 0.15) is 38.7 Å². The van der Waals surface area contributed by atoms with Gasteiger partial charge < -0.3 is 5.73 Å². The molecule has 1 heteroatoms. The van der Waals surface area contributed by atoms with Crippen LogP contribution in [-0.4, -0.2) is 0 Å². The van der Waals surface area contributed by atoms with Crippen molar-refractivity contribution >= 4 is 0 Å². The molecule has 0 aromatic heterocycles. The van der Waals surface area contributed by atoms with E-state index in [9.17, 15) is 0 Å². The SMILES string of the molecule is C=C1CCC(N)(c2ccccc2)C(C)(C)C1.